The van der Waals surface area contributed by atoms with Gasteiger partial charge in [0.25, 0.3) is 5.91 Å². The minimum absolute atomic E-state index is 0.0197. The molecular weight excluding hydrogens is 342 g/mol. The smallest absolute Gasteiger partial charge is 0.251 e. The van der Waals surface area contributed by atoms with Crippen LogP contribution in [0.5, 0.6) is 0 Å². The molecule has 1 aliphatic rings. The van der Waals surface area contributed by atoms with Crippen molar-refractivity contribution in [1.29, 1.82) is 0 Å². The van der Waals surface area contributed by atoms with Crippen molar-refractivity contribution in [1.82, 2.24) is 14.6 Å². The number of ether oxygens (including phenoxy) is 1. The van der Waals surface area contributed by atoms with Crippen LogP contribution in [0.15, 0.2) is 53.7 Å². The van der Waals surface area contributed by atoms with E-state index >= 15 is 0 Å². The molecule has 2 heterocycles. The summed E-state index contributed by atoms with van der Waals surface area (Å²) in [6.45, 7) is 2.01. The first-order valence-electron chi connectivity index (χ1n) is 8.14. The lowest BCUT2D eigenvalue weighted by molar-refractivity contribution is 0.0930. The maximum absolute atomic E-state index is 12.3. The number of hydrogen-bond donors (Lipinski definition) is 2. The molecular formula is C17H21N3O4S. The zero-order valence-electron chi connectivity index (χ0n) is 13.7. The first-order chi connectivity index (χ1) is 12.0. The molecule has 1 fully saturated rings. The Balaban J connectivity index is 1.57. The van der Waals surface area contributed by atoms with Crippen molar-refractivity contribution in [2.45, 2.75) is 23.9 Å². The van der Waals surface area contributed by atoms with E-state index in [9.17, 15) is 13.2 Å². The molecule has 7 nitrogen and oxygen atoms in total. The molecule has 0 spiro atoms. The lowest BCUT2D eigenvalue weighted by Gasteiger charge is -2.11. The van der Waals surface area contributed by atoms with Gasteiger partial charge in [0.1, 0.15) is 0 Å². The zero-order chi connectivity index (χ0) is 17.7. The molecule has 1 saturated heterocycles. The number of sulfonamides is 1. The van der Waals surface area contributed by atoms with Gasteiger partial charge in [0.15, 0.2) is 0 Å². The van der Waals surface area contributed by atoms with E-state index in [0.29, 0.717) is 31.9 Å². The summed E-state index contributed by atoms with van der Waals surface area (Å²) >= 11 is 0. The van der Waals surface area contributed by atoms with Crippen molar-refractivity contribution in [3.63, 3.8) is 0 Å². The molecule has 2 aromatic rings. The lowest BCUT2D eigenvalue weighted by Crippen LogP contribution is -2.35. The number of nitrogens with one attached hydrogen (secondary N) is 2. The second-order valence-corrected chi connectivity index (χ2v) is 7.64. The molecule has 1 atom stereocenters. The number of nitrogens with zero attached hydrogens (tertiary/aromatic N) is 1. The molecule has 0 bridgehead atoms. The number of carbonyl (C=O) groups is 1. The van der Waals surface area contributed by atoms with Crippen molar-refractivity contribution in [3.8, 4) is 0 Å². The number of rotatable bonds is 7. The summed E-state index contributed by atoms with van der Waals surface area (Å²) in [5, 5.41) is 2.87. The summed E-state index contributed by atoms with van der Waals surface area (Å²) in [6, 6.07) is 9.71. The predicted molar refractivity (Wildman–Crippen MR) is 92.8 cm³/mol. The van der Waals surface area contributed by atoms with E-state index in [1.807, 2.05) is 29.1 Å². The third-order valence-corrected chi connectivity index (χ3v) is 5.50. The molecule has 1 amide bonds. The highest BCUT2D eigenvalue weighted by molar-refractivity contribution is 7.89. The van der Waals surface area contributed by atoms with Gasteiger partial charge in [-0.25, -0.2) is 13.1 Å². The van der Waals surface area contributed by atoms with E-state index in [-0.39, 0.29) is 16.8 Å². The van der Waals surface area contributed by atoms with E-state index in [4.69, 9.17) is 4.74 Å². The van der Waals surface area contributed by atoms with Crippen LogP contribution >= 0.6 is 0 Å². The van der Waals surface area contributed by atoms with Gasteiger partial charge in [-0.3, -0.25) is 4.79 Å². The lowest BCUT2D eigenvalue weighted by atomic mass is 10.2. The SMILES string of the molecule is O=C(N[C@@H]1CCOC1)c1ccc(S(=O)(=O)NCCn2cccc2)cc1. The topological polar surface area (TPSA) is 89.4 Å². The van der Waals surface area contributed by atoms with Crippen LogP contribution in [0.4, 0.5) is 0 Å². The molecule has 1 aliphatic heterocycles. The summed E-state index contributed by atoms with van der Waals surface area (Å²) in [4.78, 5) is 12.3. The third-order valence-electron chi connectivity index (χ3n) is 4.02. The fraction of sp³-hybridized carbons (Fsp3) is 0.353. The second kappa shape index (κ2) is 7.81. The Kier molecular flexibility index (Phi) is 5.52. The largest absolute Gasteiger partial charge is 0.379 e. The molecule has 0 saturated carbocycles. The van der Waals surface area contributed by atoms with Crippen LogP contribution in [0, 0.1) is 0 Å². The molecule has 8 heteroatoms. The number of benzene rings is 1. The quantitative estimate of drug-likeness (QED) is 0.768. The Hall–Kier alpha value is -2.16. The summed E-state index contributed by atoms with van der Waals surface area (Å²) in [5.41, 5.74) is 0.429. The van der Waals surface area contributed by atoms with Crippen LogP contribution in [0.25, 0.3) is 0 Å². The van der Waals surface area contributed by atoms with Gasteiger partial charge in [0.2, 0.25) is 10.0 Å². The van der Waals surface area contributed by atoms with Gasteiger partial charge >= 0.3 is 0 Å². The van der Waals surface area contributed by atoms with Gasteiger partial charge in [0.05, 0.1) is 17.5 Å². The third kappa shape index (κ3) is 4.68. The van der Waals surface area contributed by atoms with E-state index in [1.54, 1.807) is 0 Å². The molecule has 0 aliphatic carbocycles. The first kappa shape index (κ1) is 17.7. The molecule has 1 aromatic heterocycles. The summed E-state index contributed by atoms with van der Waals surface area (Å²) in [5.74, 6) is -0.222. The minimum atomic E-state index is -3.59. The number of carbonyl (C=O) groups excluding carboxylic acids is 1. The van der Waals surface area contributed by atoms with Gasteiger partial charge in [-0.1, -0.05) is 0 Å². The van der Waals surface area contributed by atoms with Gasteiger partial charge < -0.3 is 14.6 Å². The van der Waals surface area contributed by atoms with Crippen molar-refractivity contribution >= 4 is 15.9 Å². The minimum Gasteiger partial charge on any atom is -0.379 e. The molecule has 1 aromatic carbocycles. The fourth-order valence-corrected chi connectivity index (χ4v) is 3.64. The van der Waals surface area contributed by atoms with E-state index in [2.05, 4.69) is 10.0 Å². The normalized spacial score (nSPS) is 17.5. The number of amides is 1. The molecule has 0 radical (unpaired) electrons. The Bertz CT molecular complexity index is 795. The van der Waals surface area contributed by atoms with Crippen LogP contribution in [-0.2, 0) is 21.3 Å². The van der Waals surface area contributed by atoms with Crippen LogP contribution in [-0.4, -0.2) is 44.7 Å². The van der Waals surface area contributed by atoms with Gasteiger partial charge in [0, 0.05) is 37.7 Å². The average molecular weight is 363 g/mol. The van der Waals surface area contributed by atoms with Gasteiger partial charge in [-0.15, -0.1) is 0 Å². The zero-order valence-corrected chi connectivity index (χ0v) is 14.5. The van der Waals surface area contributed by atoms with E-state index in [1.165, 1.54) is 24.3 Å². The maximum Gasteiger partial charge on any atom is 0.251 e. The highest BCUT2D eigenvalue weighted by Gasteiger charge is 2.19. The van der Waals surface area contributed by atoms with Crippen LogP contribution < -0.4 is 10.0 Å². The van der Waals surface area contributed by atoms with Crippen molar-refractivity contribution < 1.29 is 17.9 Å². The molecule has 2 N–H and O–H groups in total. The highest BCUT2D eigenvalue weighted by Crippen LogP contribution is 2.12. The van der Waals surface area contributed by atoms with Gasteiger partial charge in [-0.05, 0) is 42.8 Å². The predicted octanol–water partition coefficient (Wildman–Crippen LogP) is 0.985. The monoisotopic (exact) mass is 363 g/mol. The molecule has 25 heavy (non-hydrogen) atoms. The molecule has 134 valence electrons. The van der Waals surface area contributed by atoms with Crippen molar-refractivity contribution in [3.05, 3.63) is 54.4 Å². The molecule has 3 rings (SSSR count). The number of aromatic nitrogens is 1. The second-order valence-electron chi connectivity index (χ2n) is 5.88. The standard InChI is InChI=1S/C17H21N3O4S/c21-17(19-15-7-12-24-13-15)14-3-5-16(6-4-14)25(22,23)18-8-11-20-9-1-2-10-20/h1-6,9-10,15,18H,7-8,11-13H2,(H,19,21)/t15-/m1/s1. The average Bonchev–Trinajstić information content (AvgIpc) is 3.29. The van der Waals surface area contributed by atoms with Crippen LogP contribution in [0.3, 0.4) is 0 Å². The highest BCUT2D eigenvalue weighted by atomic mass is 32.2. The molecule has 0 unspecified atom stereocenters. The fourth-order valence-electron chi connectivity index (χ4n) is 2.61. The first-order valence-corrected chi connectivity index (χ1v) is 9.62. The van der Waals surface area contributed by atoms with E-state index in [0.717, 1.165) is 6.42 Å². The Morgan fingerprint density at radius 2 is 1.92 bits per heavy atom. The van der Waals surface area contributed by atoms with Crippen LogP contribution in [0.1, 0.15) is 16.8 Å². The Labute approximate surface area is 147 Å². The summed E-state index contributed by atoms with van der Waals surface area (Å²) in [7, 11) is -3.59. The Morgan fingerprint density at radius 1 is 1.20 bits per heavy atom. The van der Waals surface area contributed by atoms with Crippen molar-refractivity contribution in [2.24, 2.45) is 0 Å². The Morgan fingerprint density at radius 3 is 2.56 bits per heavy atom. The van der Waals surface area contributed by atoms with Crippen molar-refractivity contribution in [2.75, 3.05) is 19.8 Å². The maximum atomic E-state index is 12.3. The van der Waals surface area contributed by atoms with Gasteiger partial charge in [-0.2, -0.15) is 0 Å². The summed E-state index contributed by atoms with van der Waals surface area (Å²) < 4.78 is 34.2. The summed E-state index contributed by atoms with van der Waals surface area (Å²) in [6.07, 6.45) is 4.54. The number of hydrogen-bond acceptors (Lipinski definition) is 4. The van der Waals surface area contributed by atoms with E-state index < -0.39 is 10.0 Å². The van der Waals surface area contributed by atoms with Crippen LogP contribution in [0.2, 0.25) is 0 Å².